The van der Waals surface area contributed by atoms with E-state index in [-0.39, 0.29) is 17.0 Å². The van der Waals surface area contributed by atoms with Gasteiger partial charge in [0.1, 0.15) is 24.1 Å². The van der Waals surface area contributed by atoms with Crippen molar-refractivity contribution in [2.75, 3.05) is 32.2 Å². The number of aromatic nitrogens is 4. The van der Waals surface area contributed by atoms with Crippen LogP contribution in [0, 0.1) is 0 Å². The van der Waals surface area contributed by atoms with Crippen LogP contribution >= 0.6 is 19.2 Å². The van der Waals surface area contributed by atoms with Crippen LogP contribution in [0.25, 0.3) is 11.0 Å². The third-order valence-corrected chi connectivity index (χ3v) is 7.75. The lowest BCUT2D eigenvalue weighted by Gasteiger charge is -2.32. The minimum Gasteiger partial charge on any atom is -0.393 e. The van der Waals surface area contributed by atoms with Gasteiger partial charge in [0.15, 0.2) is 11.9 Å². The number of methoxy groups -OCH3 is 1. The van der Waals surface area contributed by atoms with Crippen molar-refractivity contribution in [1.82, 2.24) is 19.7 Å². The Morgan fingerprint density at radius 2 is 2.06 bits per heavy atom. The molecule has 0 aromatic carbocycles. The Kier molecular flexibility index (Phi) is 7.46. The standard InChI is InChI=1S/C18H27ClN5O9P/c1-31-8-18(7-25,34(28,29)30)32-6-11-12(26)13(27)16(33-11)24-15-10(5-20-24)14(22-17(19)23-15)21-9-3-2-4-9/h5,9,11-13,16,25-27H,2-4,6-8H2,1H3,(H,21,22,23)(H2,28,29,30)/t11-,12-,13-,16-,18?/m1/s1. The first-order valence-corrected chi connectivity index (χ1v) is 12.6. The third kappa shape index (κ3) is 4.67. The van der Waals surface area contributed by atoms with Gasteiger partial charge in [0, 0.05) is 13.2 Å². The summed E-state index contributed by atoms with van der Waals surface area (Å²) in [6.45, 7) is -2.22. The van der Waals surface area contributed by atoms with E-state index in [1.54, 1.807) is 0 Å². The highest BCUT2D eigenvalue weighted by Crippen LogP contribution is 2.51. The molecular formula is C18H27ClN5O9P. The summed E-state index contributed by atoms with van der Waals surface area (Å²) < 4.78 is 29.0. The van der Waals surface area contributed by atoms with Crippen LogP contribution in [0.2, 0.25) is 5.28 Å². The summed E-state index contributed by atoms with van der Waals surface area (Å²) in [6, 6.07) is 0.266. The van der Waals surface area contributed by atoms with Crippen molar-refractivity contribution in [2.24, 2.45) is 0 Å². The van der Waals surface area contributed by atoms with E-state index in [4.69, 9.17) is 25.8 Å². The Balaban J connectivity index is 1.55. The molecule has 34 heavy (non-hydrogen) atoms. The monoisotopic (exact) mass is 523 g/mol. The number of aliphatic hydroxyl groups is 3. The topological polar surface area (TPSA) is 202 Å². The molecule has 6 N–H and O–H groups in total. The molecule has 3 heterocycles. The Labute approximate surface area is 199 Å². The average Bonchev–Trinajstić information content (AvgIpc) is 3.28. The number of nitrogens with zero attached hydrogens (tertiary/aromatic N) is 4. The van der Waals surface area contributed by atoms with Gasteiger partial charge in [-0.25, -0.2) is 4.68 Å². The van der Waals surface area contributed by atoms with Gasteiger partial charge >= 0.3 is 7.60 Å². The fourth-order valence-corrected chi connectivity index (χ4v) is 4.76. The van der Waals surface area contributed by atoms with E-state index < -0.39 is 57.3 Å². The van der Waals surface area contributed by atoms with Crippen molar-refractivity contribution >= 4 is 36.0 Å². The lowest BCUT2D eigenvalue weighted by molar-refractivity contribution is -0.125. The molecule has 0 amide bonds. The highest BCUT2D eigenvalue weighted by molar-refractivity contribution is 7.53. The smallest absolute Gasteiger partial charge is 0.361 e. The molecule has 0 radical (unpaired) electrons. The van der Waals surface area contributed by atoms with Gasteiger partial charge in [-0.15, -0.1) is 0 Å². The summed E-state index contributed by atoms with van der Waals surface area (Å²) in [5, 5.41) is 36.4. The predicted octanol–water partition coefficient (Wildman–Crippen LogP) is -0.407. The van der Waals surface area contributed by atoms with E-state index in [1.807, 2.05) is 0 Å². The maximum Gasteiger partial charge on any atom is 0.361 e. The molecule has 2 aromatic rings. The van der Waals surface area contributed by atoms with Gasteiger partial charge in [-0.2, -0.15) is 15.1 Å². The molecule has 1 saturated heterocycles. The summed E-state index contributed by atoms with van der Waals surface area (Å²) >= 11 is 6.10. The zero-order valence-corrected chi connectivity index (χ0v) is 19.8. The second-order valence-corrected chi connectivity index (χ2v) is 10.6. The fourth-order valence-electron chi connectivity index (χ4n) is 3.87. The summed E-state index contributed by atoms with van der Waals surface area (Å²) in [7, 11) is -3.80. The van der Waals surface area contributed by atoms with Gasteiger partial charge in [-0.3, -0.25) is 4.57 Å². The molecule has 1 aliphatic carbocycles. The number of hydrogen-bond donors (Lipinski definition) is 6. The fraction of sp³-hybridized carbons (Fsp3) is 0.722. The second-order valence-electron chi connectivity index (χ2n) is 8.38. The number of aliphatic hydroxyl groups excluding tert-OH is 3. The van der Waals surface area contributed by atoms with Gasteiger partial charge < -0.3 is 44.6 Å². The van der Waals surface area contributed by atoms with Crippen LogP contribution in [-0.4, -0.2) is 101 Å². The molecule has 2 fully saturated rings. The number of rotatable bonds is 10. The van der Waals surface area contributed by atoms with E-state index in [2.05, 4.69) is 20.4 Å². The Morgan fingerprint density at radius 1 is 1.32 bits per heavy atom. The van der Waals surface area contributed by atoms with Gasteiger partial charge in [-0.1, -0.05) is 0 Å². The van der Waals surface area contributed by atoms with Gasteiger partial charge in [0.25, 0.3) is 0 Å². The zero-order chi connectivity index (χ0) is 24.7. The van der Waals surface area contributed by atoms with Crippen LogP contribution in [0.1, 0.15) is 25.5 Å². The summed E-state index contributed by atoms with van der Waals surface area (Å²) in [5.41, 5.74) is 0.263. The highest BCUT2D eigenvalue weighted by atomic mass is 35.5. The van der Waals surface area contributed by atoms with E-state index in [1.165, 1.54) is 18.0 Å². The number of fused-ring (bicyclic) bond motifs is 1. The van der Waals surface area contributed by atoms with E-state index in [0.717, 1.165) is 19.3 Å². The number of halogens is 1. The maximum atomic E-state index is 11.9. The number of nitrogens with one attached hydrogen (secondary N) is 1. The van der Waals surface area contributed by atoms with Crippen molar-refractivity contribution in [3.05, 3.63) is 11.5 Å². The summed E-state index contributed by atoms with van der Waals surface area (Å²) in [4.78, 5) is 27.7. The van der Waals surface area contributed by atoms with E-state index >= 15 is 0 Å². The summed E-state index contributed by atoms with van der Waals surface area (Å²) in [5.74, 6) is 0.493. The van der Waals surface area contributed by atoms with Crippen LogP contribution in [0.4, 0.5) is 5.82 Å². The van der Waals surface area contributed by atoms with Crippen LogP contribution in [0.5, 0.6) is 0 Å². The second kappa shape index (κ2) is 9.90. The Morgan fingerprint density at radius 3 is 2.65 bits per heavy atom. The minimum absolute atomic E-state index is 0.0436. The number of hydrogen-bond acceptors (Lipinski definition) is 11. The van der Waals surface area contributed by atoms with E-state index in [0.29, 0.717) is 11.2 Å². The molecule has 4 rings (SSSR count). The lowest BCUT2D eigenvalue weighted by atomic mass is 9.93. The minimum atomic E-state index is -4.99. The van der Waals surface area contributed by atoms with Crippen molar-refractivity contribution in [1.29, 1.82) is 0 Å². The number of anilines is 1. The molecule has 1 aliphatic heterocycles. The van der Waals surface area contributed by atoms with E-state index in [9.17, 15) is 29.7 Å². The predicted molar refractivity (Wildman–Crippen MR) is 117 cm³/mol. The SMILES string of the molecule is COCC(CO)(OC[C@H]1O[C@@H](n2ncc3c(NC4CCC4)nc(Cl)nc32)[C@H](O)[C@@H]1O)P(=O)(O)O. The first-order chi connectivity index (χ1) is 16.1. The zero-order valence-electron chi connectivity index (χ0n) is 18.2. The number of ether oxygens (including phenoxy) is 3. The largest absolute Gasteiger partial charge is 0.393 e. The quantitative estimate of drug-likeness (QED) is 0.173. The molecule has 0 bridgehead atoms. The molecule has 2 aliphatic rings. The Hall–Kier alpha value is -1.45. The van der Waals surface area contributed by atoms with Crippen LogP contribution in [0.3, 0.4) is 0 Å². The van der Waals surface area contributed by atoms with Gasteiger partial charge in [0.2, 0.25) is 10.6 Å². The molecule has 5 atom stereocenters. The van der Waals surface area contributed by atoms with Crippen molar-refractivity contribution in [3.63, 3.8) is 0 Å². The summed E-state index contributed by atoms with van der Waals surface area (Å²) in [6.07, 6.45) is -0.776. The third-order valence-electron chi connectivity index (χ3n) is 6.11. The molecule has 14 nitrogen and oxygen atoms in total. The van der Waals surface area contributed by atoms with Crippen molar-refractivity contribution < 1.29 is 43.9 Å². The van der Waals surface area contributed by atoms with Crippen LogP contribution in [0.15, 0.2) is 6.20 Å². The molecule has 2 aromatic heterocycles. The van der Waals surface area contributed by atoms with Gasteiger partial charge in [0.05, 0.1) is 31.4 Å². The van der Waals surface area contributed by atoms with Crippen LogP contribution < -0.4 is 5.32 Å². The lowest BCUT2D eigenvalue weighted by Crippen LogP contribution is -2.44. The maximum absolute atomic E-state index is 11.9. The first kappa shape index (κ1) is 25.6. The van der Waals surface area contributed by atoms with Crippen molar-refractivity contribution in [3.8, 4) is 0 Å². The van der Waals surface area contributed by atoms with Gasteiger partial charge in [-0.05, 0) is 30.9 Å². The Bertz CT molecular complexity index is 1070. The molecule has 0 spiro atoms. The normalized spacial score (nSPS) is 27.6. The molecule has 1 saturated carbocycles. The van der Waals surface area contributed by atoms with Crippen LogP contribution in [-0.2, 0) is 18.8 Å². The molecular weight excluding hydrogens is 497 g/mol. The molecule has 1 unspecified atom stereocenters. The highest BCUT2D eigenvalue weighted by Gasteiger charge is 2.51. The molecule has 190 valence electrons. The molecule has 16 heteroatoms. The first-order valence-electron chi connectivity index (χ1n) is 10.6. The van der Waals surface area contributed by atoms with Crippen molar-refractivity contribution in [2.45, 2.75) is 55.2 Å². The average molecular weight is 524 g/mol.